The van der Waals surface area contributed by atoms with Gasteiger partial charge in [-0.15, -0.1) is 0 Å². The molecule has 0 aliphatic carbocycles. The number of hydrogen-bond acceptors (Lipinski definition) is 5. The third-order valence-electron chi connectivity index (χ3n) is 3.14. The van der Waals surface area contributed by atoms with Crippen LogP contribution in [0.15, 0.2) is 48.5 Å². The van der Waals surface area contributed by atoms with Crippen molar-refractivity contribution < 1.29 is 22.5 Å². The van der Waals surface area contributed by atoms with Gasteiger partial charge in [0.15, 0.2) is 0 Å². The van der Waals surface area contributed by atoms with E-state index >= 15 is 0 Å². The van der Waals surface area contributed by atoms with Crippen molar-refractivity contribution in [3.8, 4) is 0 Å². The maximum absolute atomic E-state index is 13.0. The van der Waals surface area contributed by atoms with Gasteiger partial charge in [-0.1, -0.05) is 6.07 Å². The van der Waals surface area contributed by atoms with Gasteiger partial charge in [-0.05, 0) is 30.3 Å². The third-order valence-corrected chi connectivity index (χ3v) is 4.28. The van der Waals surface area contributed by atoms with E-state index in [9.17, 15) is 27.7 Å². The van der Waals surface area contributed by atoms with Gasteiger partial charge in [0.1, 0.15) is 12.4 Å². The lowest BCUT2D eigenvalue weighted by molar-refractivity contribution is -0.384. The molecule has 0 spiro atoms. The lowest BCUT2D eigenvalue weighted by atomic mass is 10.3. The van der Waals surface area contributed by atoms with Crippen molar-refractivity contribution in [1.29, 1.82) is 0 Å². The Balaban J connectivity index is 2.19. The minimum Gasteiger partial charge on any atom is -0.324 e. The molecule has 2 rings (SSSR count). The molecule has 0 saturated carbocycles. The number of benzene rings is 2. The Labute approximate surface area is 143 Å². The van der Waals surface area contributed by atoms with Crippen LogP contribution >= 0.6 is 0 Å². The molecule has 0 fully saturated rings. The van der Waals surface area contributed by atoms with Crippen molar-refractivity contribution in [3.63, 3.8) is 0 Å². The van der Waals surface area contributed by atoms with Gasteiger partial charge < -0.3 is 5.32 Å². The number of nitrogens with zero attached hydrogens (tertiary/aromatic N) is 2. The quantitative estimate of drug-likeness (QED) is 0.621. The summed E-state index contributed by atoms with van der Waals surface area (Å²) in [6.45, 7) is -0.562. The average Bonchev–Trinajstić information content (AvgIpc) is 2.53. The van der Waals surface area contributed by atoms with Gasteiger partial charge in [0.2, 0.25) is 15.9 Å². The molecule has 8 nitrogen and oxygen atoms in total. The number of halogens is 1. The summed E-state index contributed by atoms with van der Waals surface area (Å²) in [7, 11) is -3.80. The number of sulfonamides is 1. The highest BCUT2D eigenvalue weighted by molar-refractivity contribution is 7.92. The summed E-state index contributed by atoms with van der Waals surface area (Å²) >= 11 is 0. The smallest absolute Gasteiger partial charge is 0.271 e. The first-order valence-corrected chi connectivity index (χ1v) is 8.79. The fourth-order valence-electron chi connectivity index (χ4n) is 2.04. The van der Waals surface area contributed by atoms with E-state index in [0.717, 1.165) is 28.8 Å². The van der Waals surface area contributed by atoms with Gasteiger partial charge in [0.25, 0.3) is 5.69 Å². The van der Waals surface area contributed by atoms with E-state index in [-0.39, 0.29) is 17.1 Å². The topological polar surface area (TPSA) is 110 Å². The van der Waals surface area contributed by atoms with E-state index in [1.165, 1.54) is 30.3 Å². The summed E-state index contributed by atoms with van der Waals surface area (Å²) in [5.74, 6) is -1.24. The fourth-order valence-corrected chi connectivity index (χ4v) is 2.89. The summed E-state index contributed by atoms with van der Waals surface area (Å²) < 4.78 is 37.6. The molecule has 0 aliphatic heterocycles. The molecule has 25 heavy (non-hydrogen) atoms. The van der Waals surface area contributed by atoms with E-state index in [1.807, 2.05) is 0 Å². The standard InChI is InChI=1S/C15H14FN3O5S/c1-25(23,24)18(13-7-5-11(16)6-8-13)10-15(20)17-12-3-2-4-14(9-12)19(21)22/h2-9H,10H2,1H3,(H,17,20). The van der Waals surface area contributed by atoms with Crippen LogP contribution in [0, 0.1) is 15.9 Å². The number of carbonyl (C=O) groups is 1. The molecular weight excluding hydrogens is 353 g/mol. The van der Waals surface area contributed by atoms with E-state index in [2.05, 4.69) is 5.32 Å². The molecule has 2 aromatic rings. The van der Waals surface area contributed by atoms with E-state index in [0.29, 0.717) is 0 Å². The predicted octanol–water partition coefficient (Wildman–Crippen LogP) is 2.14. The van der Waals surface area contributed by atoms with E-state index < -0.39 is 33.2 Å². The monoisotopic (exact) mass is 367 g/mol. The number of nitro benzene ring substituents is 1. The second-order valence-electron chi connectivity index (χ2n) is 5.10. The predicted molar refractivity (Wildman–Crippen MR) is 90.3 cm³/mol. The Hall–Kier alpha value is -3.01. The highest BCUT2D eigenvalue weighted by Crippen LogP contribution is 2.19. The third kappa shape index (κ3) is 4.98. The lowest BCUT2D eigenvalue weighted by Crippen LogP contribution is -2.37. The second-order valence-corrected chi connectivity index (χ2v) is 7.01. The SMILES string of the molecule is CS(=O)(=O)N(CC(=O)Nc1cccc([N+](=O)[O-])c1)c1ccc(F)cc1. The molecule has 1 N–H and O–H groups in total. The molecule has 0 saturated heterocycles. The highest BCUT2D eigenvalue weighted by Gasteiger charge is 2.21. The number of nitro groups is 1. The van der Waals surface area contributed by atoms with Crippen LogP contribution in [0.1, 0.15) is 0 Å². The fraction of sp³-hybridized carbons (Fsp3) is 0.133. The first-order chi connectivity index (χ1) is 11.7. The molecule has 0 atom stereocenters. The number of anilines is 2. The second kappa shape index (κ2) is 7.26. The molecule has 2 aromatic carbocycles. The molecule has 0 radical (unpaired) electrons. The van der Waals surface area contributed by atoms with Crippen molar-refractivity contribution in [3.05, 3.63) is 64.5 Å². The summed E-state index contributed by atoms with van der Waals surface area (Å²) in [4.78, 5) is 22.3. The summed E-state index contributed by atoms with van der Waals surface area (Å²) in [6, 6.07) is 9.86. The summed E-state index contributed by atoms with van der Waals surface area (Å²) in [6.07, 6.45) is 0.914. The molecule has 10 heteroatoms. The normalized spacial score (nSPS) is 11.0. The maximum Gasteiger partial charge on any atom is 0.271 e. The number of rotatable bonds is 6. The zero-order valence-electron chi connectivity index (χ0n) is 13.0. The van der Waals surface area contributed by atoms with E-state index in [1.54, 1.807) is 0 Å². The molecule has 0 unspecified atom stereocenters. The number of amides is 1. The van der Waals surface area contributed by atoms with Crippen molar-refractivity contribution in [2.45, 2.75) is 0 Å². The van der Waals surface area contributed by atoms with Crippen LogP contribution in [0.4, 0.5) is 21.5 Å². The van der Waals surface area contributed by atoms with Crippen molar-refractivity contribution in [2.24, 2.45) is 0 Å². The van der Waals surface area contributed by atoms with Gasteiger partial charge in [-0.2, -0.15) is 0 Å². The molecule has 132 valence electrons. The first-order valence-electron chi connectivity index (χ1n) is 6.94. The zero-order valence-corrected chi connectivity index (χ0v) is 13.9. The molecule has 0 aromatic heterocycles. The Kier molecular flexibility index (Phi) is 5.32. The summed E-state index contributed by atoms with van der Waals surface area (Å²) in [5.41, 5.74) is 0.0705. The van der Waals surface area contributed by atoms with Crippen LogP contribution in [0.25, 0.3) is 0 Å². The van der Waals surface area contributed by atoms with Crippen LogP contribution < -0.4 is 9.62 Å². The number of carbonyl (C=O) groups excluding carboxylic acids is 1. The maximum atomic E-state index is 13.0. The van der Waals surface area contributed by atoms with Crippen LogP contribution in [0.3, 0.4) is 0 Å². The molecule has 0 heterocycles. The van der Waals surface area contributed by atoms with Crippen molar-refractivity contribution >= 4 is 33.0 Å². The van der Waals surface area contributed by atoms with Gasteiger partial charge in [0.05, 0.1) is 16.9 Å². The Morgan fingerprint density at radius 1 is 1.24 bits per heavy atom. The number of non-ortho nitro benzene ring substituents is 1. The Bertz CT molecular complexity index is 900. The van der Waals surface area contributed by atoms with Crippen molar-refractivity contribution in [1.82, 2.24) is 0 Å². The molecule has 1 amide bonds. The average molecular weight is 367 g/mol. The Morgan fingerprint density at radius 2 is 1.88 bits per heavy atom. The first kappa shape index (κ1) is 18.3. The van der Waals surface area contributed by atoms with Crippen molar-refractivity contribution in [2.75, 3.05) is 22.4 Å². The minimum atomic E-state index is -3.80. The zero-order chi connectivity index (χ0) is 18.6. The lowest BCUT2D eigenvalue weighted by Gasteiger charge is -2.21. The largest absolute Gasteiger partial charge is 0.324 e. The van der Waals surface area contributed by atoms with Crippen LogP contribution in [0.2, 0.25) is 0 Å². The molecule has 0 aliphatic rings. The van der Waals surface area contributed by atoms with Gasteiger partial charge in [0, 0.05) is 17.8 Å². The number of nitrogens with one attached hydrogen (secondary N) is 1. The Morgan fingerprint density at radius 3 is 2.44 bits per heavy atom. The van der Waals surface area contributed by atoms with Crippen LogP contribution in [-0.2, 0) is 14.8 Å². The number of hydrogen-bond donors (Lipinski definition) is 1. The molecular formula is C15H14FN3O5S. The minimum absolute atomic E-state index is 0.123. The molecule has 0 bridgehead atoms. The van der Waals surface area contributed by atoms with Gasteiger partial charge in [-0.3, -0.25) is 19.2 Å². The van der Waals surface area contributed by atoms with Gasteiger partial charge >= 0.3 is 0 Å². The summed E-state index contributed by atoms with van der Waals surface area (Å²) in [5, 5.41) is 13.1. The van der Waals surface area contributed by atoms with Crippen LogP contribution in [-0.4, -0.2) is 32.0 Å². The highest BCUT2D eigenvalue weighted by atomic mass is 32.2. The van der Waals surface area contributed by atoms with Gasteiger partial charge in [-0.25, -0.2) is 12.8 Å². The van der Waals surface area contributed by atoms with E-state index in [4.69, 9.17) is 0 Å². The van der Waals surface area contributed by atoms with Crippen LogP contribution in [0.5, 0.6) is 0 Å².